The van der Waals surface area contributed by atoms with Crippen LogP contribution in [-0.2, 0) is 6.54 Å². The molecule has 2 heterocycles. The van der Waals surface area contributed by atoms with Crippen molar-refractivity contribution in [2.45, 2.75) is 6.54 Å². The zero-order chi connectivity index (χ0) is 16.5. The fraction of sp³-hybridized carbons (Fsp3) is 0.167. The highest BCUT2D eigenvalue weighted by molar-refractivity contribution is 5.72. The van der Waals surface area contributed by atoms with Gasteiger partial charge >= 0.3 is 0 Å². The lowest BCUT2D eigenvalue weighted by molar-refractivity contribution is 0.174. The number of hydrogen-bond donors (Lipinski definition) is 1. The van der Waals surface area contributed by atoms with Crippen LogP contribution in [-0.4, -0.2) is 23.2 Å². The van der Waals surface area contributed by atoms with Crippen LogP contribution in [0.15, 0.2) is 48.5 Å². The number of halogens is 1. The maximum Gasteiger partial charge on any atom is 0.231 e. The Balaban J connectivity index is 1.78. The van der Waals surface area contributed by atoms with E-state index < -0.39 is 6.67 Å². The number of ether oxygens (including phenoxy) is 2. The standard InChI is InChI=1S/C18H16FN3O2/c19-6-7-22-16(13-2-1-3-14(20)8-13)10-15(21-22)12-4-5-17-18(9-12)24-11-23-17/h1-5,8-10H,6-7,11,20H2. The second-order valence-corrected chi connectivity index (χ2v) is 5.52. The maximum absolute atomic E-state index is 12.9. The number of benzene rings is 2. The minimum Gasteiger partial charge on any atom is -0.454 e. The molecule has 1 aliphatic heterocycles. The molecule has 0 radical (unpaired) electrons. The molecule has 0 bridgehead atoms. The van der Waals surface area contributed by atoms with E-state index in [4.69, 9.17) is 15.2 Å². The van der Waals surface area contributed by atoms with Crippen molar-refractivity contribution < 1.29 is 13.9 Å². The molecule has 0 unspecified atom stereocenters. The third kappa shape index (κ3) is 2.56. The van der Waals surface area contributed by atoms with E-state index in [0.717, 1.165) is 28.3 Å². The molecular weight excluding hydrogens is 309 g/mol. The number of alkyl halides is 1. The minimum atomic E-state index is -0.489. The largest absolute Gasteiger partial charge is 0.454 e. The lowest BCUT2D eigenvalue weighted by Gasteiger charge is -2.05. The van der Waals surface area contributed by atoms with Gasteiger partial charge < -0.3 is 15.2 Å². The van der Waals surface area contributed by atoms with Crippen LogP contribution in [0.3, 0.4) is 0 Å². The van der Waals surface area contributed by atoms with Gasteiger partial charge in [-0.2, -0.15) is 5.10 Å². The van der Waals surface area contributed by atoms with Gasteiger partial charge in [0.05, 0.1) is 17.9 Å². The minimum absolute atomic E-state index is 0.189. The van der Waals surface area contributed by atoms with E-state index in [1.807, 2.05) is 48.5 Å². The number of aromatic nitrogens is 2. The van der Waals surface area contributed by atoms with Gasteiger partial charge in [0.1, 0.15) is 6.67 Å². The monoisotopic (exact) mass is 325 g/mol. The Labute approximate surface area is 138 Å². The highest BCUT2D eigenvalue weighted by atomic mass is 19.1. The number of aryl methyl sites for hydroxylation is 1. The first-order valence-corrected chi connectivity index (χ1v) is 7.64. The predicted octanol–water partition coefficient (Wildman–Crippen LogP) is 3.50. The summed E-state index contributed by atoms with van der Waals surface area (Å²) in [5.74, 6) is 1.41. The molecule has 0 saturated carbocycles. The highest BCUT2D eigenvalue weighted by Crippen LogP contribution is 2.36. The molecule has 2 aromatic carbocycles. The van der Waals surface area contributed by atoms with E-state index in [-0.39, 0.29) is 13.3 Å². The van der Waals surface area contributed by atoms with Gasteiger partial charge in [-0.1, -0.05) is 12.1 Å². The van der Waals surface area contributed by atoms with E-state index in [1.165, 1.54) is 0 Å². The molecule has 5 nitrogen and oxygen atoms in total. The summed E-state index contributed by atoms with van der Waals surface area (Å²) in [5.41, 5.74) is 9.89. The lowest BCUT2D eigenvalue weighted by atomic mass is 10.1. The first kappa shape index (κ1) is 14.6. The van der Waals surface area contributed by atoms with Gasteiger partial charge in [0.15, 0.2) is 11.5 Å². The van der Waals surface area contributed by atoms with Gasteiger partial charge in [0, 0.05) is 16.8 Å². The van der Waals surface area contributed by atoms with Crippen LogP contribution < -0.4 is 15.2 Å². The fourth-order valence-corrected chi connectivity index (χ4v) is 2.79. The summed E-state index contributed by atoms with van der Waals surface area (Å²) in [6.45, 7) is -0.0735. The van der Waals surface area contributed by atoms with Crippen molar-refractivity contribution in [2.24, 2.45) is 0 Å². The topological polar surface area (TPSA) is 62.3 Å². The second kappa shape index (κ2) is 5.88. The van der Waals surface area contributed by atoms with Crippen molar-refractivity contribution in [3.63, 3.8) is 0 Å². The summed E-state index contributed by atoms with van der Waals surface area (Å²) in [5, 5.41) is 4.54. The Morgan fingerprint density at radius 2 is 1.92 bits per heavy atom. The summed E-state index contributed by atoms with van der Waals surface area (Å²) in [6.07, 6.45) is 0. The molecule has 6 heteroatoms. The molecule has 2 N–H and O–H groups in total. The van der Waals surface area contributed by atoms with Gasteiger partial charge in [-0.3, -0.25) is 4.68 Å². The van der Waals surface area contributed by atoms with Gasteiger partial charge in [0.25, 0.3) is 0 Å². The summed E-state index contributed by atoms with van der Waals surface area (Å²) in [6, 6.07) is 15.1. The van der Waals surface area contributed by atoms with Crippen LogP contribution in [0.5, 0.6) is 11.5 Å². The van der Waals surface area contributed by atoms with E-state index in [2.05, 4.69) is 5.10 Å². The first-order valence-electron chi connectivity index (χ1n) is 7.64. The summed E-state index contributed by atoms with van der Waals surface area (Å²) in [4.78, 5) is 0. The van der Waals surface area contributed by atoms with Crippen LogP contribution in [0.4, 0.5) is 10.1 Å². The number of hydrogen-bond acceptors (Lipinski definition) is 4. The normalized spacial score (nSPS) is 12.5. The molecule has 0 amide bonds. The number of nitrogens with two attached hydrogens (primary N) is 1. The number of nitrogens with zero attached hydrogens (tertiary/aromatic N) is 2. The number of nitrogen functional groups attached to an aromatic ring is 1. The second-order valence-electron chi connectivity index (χ2n) is 5.52. The zero-order valence-electron chi connectivity index (χ0n) is 12.9. The Morgan fingerprint density at radius 1 is 1.04 bits per heavy atom. The molecule has 0 spiro atoms. The molecule has 0 atom stereocenters. The maximum atomic E-state index is 12.9. The van der Waals surface area contributed by atoms with Crippen molar-refractivity contribution in [3.05, 3.63) is 48.5 Å². The van der Waals surface area contributed by atoms with Gasteiger partial charge in [0.2, 0.25) is 6.79 Å². The molecule has 4 rings (SSSR count). The molecule has 1 aliphatic rings. The van der Waals surface area contributed by atoms with Gasteiger partial charge in [-0.15, -0.1) is 0 Å². The van der Waals surface area contributed by atoms with Crippen molar-refractivity contribution in [1.82, 2.24) is 9.78 Å². The number of fused-ring (bicyclic) bond motifs is 1. The molecule has 24 heavy (non-hydrogen) atoms. The Bertz CT molecular complexity index is 892. The van der Waals surface area contributed by atoms with Gasteiger partial charge in [-0.25, -0.2) is 4.39 Å². The van der Waals surface area contributed by atoms with E-state index in [0.29, 0.717) is 11.4 Å². The smallest absolute Gasteiger partial charge is 0.231 e. The molecule has 0 aliphatic carbocycles. The Morgan fingerprint density at radius 3 is 2.75 bits per heavy atom. The van der Waals surface area contributed by atoms with Crippen LogP contribution in [0.1, 0.15) is 0 Å². The van der Waals surface area contributed by atoms with Crippen LogP contribution in [0.25, 0.3) is 22.5 Å². The zero-order valence-corrected chi connectivity index (χ0v) is 12.9. The molecule has 0 saturated heterocycles. The van der Waals surface area contributed by atoms with Crippen LogP contribution >= 0.6 is 0 Å². The SMILES string of the molecule is Nc1cccc(-c2cc(-c3ccc4c(c3)OCO4)nn2CCF)c1. The predicted molar refractivity (Wildman–Crippen MR) is 89.6 cm³/mol. The summed E-state index contributed by atoms with van der Waals surface area (Å²) in [7, 11) is 0. The van der Waals surface area contributed by atoms with Crippen molar-refractivity contribution in [1.29, 1.82) is 0 Å². The summed E-state index contributed by atoms with van der Waals surface area (Å²) < 4.78 is 25.3. The third-order valence-electron chi connectivity index (χ3n) is 3.93. The van der Waals surface area contributed by atoms with Crippen LogP contribution in [0, 0.1) is 0 Å². The third-order valence-corrected chi connectivity index (χ3v) is 3.93. The average Bonchev–Trinajstić information content (AvgIpc) is 3.21. The fourth-order valence-electron chi connectivity index (χ4n) is 2.79. The molecule has 122 valence electrons. The Kier molecular flexibility index (Phi) is 3.57. The van der Waals surface area contributed by atoms with E-state index in [9.17, 15) is 4.39 Å². The molecule has 0 fully saturated rings. The summed E-state index contributed by atoms with van der Waals surface area (Å²) >= 11 is 0. The highest BCUT2D eigenvalue weighted by Gasteiger charge is 2.17. The Hall–Kier alpha value is -3.02. The van der Waals surface area contributed by atoms with Crippen molar-refractivity contribution >= 4 is 5.69 Å². The van der Waals surface area contributed by atoms with Crippen molar-refractivity contribution in [2.75, 3.05) is 19.2 Å². The number of rotatable bonds is 4. The molecule has 3 aromatic rings. The molecule has 1 aromatic heterocycles. The quantitative estimate of drug-likeness (QED) is 0.746. The average molecular weight is 325 g/mol. The van der Waals surface area contributed by atoms with E-state index >= 15 is 0 Å². The van der Waals surface area contributed by atoms with E-state index in [1.54, 1.807) is 4.68 Å². The van der Waals surface area contributed by atoms with Gasteiger partial charge in [-0.05, 0) is 36.4 Å². The number of anilines is 1. The lowest BCUT2D eigenvalue weighted by Crippen LogP contribution is -2.04. The molecular formula is C18H16FN3O2. The first-order chi connectivity index (χ1) is 11.7. The van der Waals surface area contributed by atoms with Crippen LogP contribution in [0.2, 0.25) is 0 Å². The van der Waals surface area contributed by atoms with Crippen molar-refractivity contribution in [3.8, 4) is 34.0 Å².